The van der Waals surface area contributed by atoms with Crippen LogP contribution in [-0.4, -0.2) is 43.4 Å². The topological polar surface area (TPSA) is 98.6 Å². The second-order valence-corrected chi connectivity index (χ2v) is 12.7. The molecule has 0 bridgehead atoms. The Bertz CT molecular complexity index is 2230. The highest BCUT2D eigenvalue weighted by atomic mass is 16.5. The number of pyridine rings is 2. The summed E-state index contributed by atoms with van der Waals surface area (Å²) in [7, 11) is 0. The van der Waals surface area contributed by atoms with E-state index >= 15 is 9.59 Å². The number of aromatic nitrogens is 2. The highest BCUT2D eigenvalue weighted by Crippen LogP contribution is 2.65. The number of benzene rings is 4. The monoisotopic (exact) mass is 604 g/mol. The van der Waals surface area contributed by atoms with Crippen molar-refractivity contribution >= 4 is 33.1 Å². The maximum atomic E-state index is 15.3. The average Bonchev–Trinajstić information content (AvgIpc) is 3.56. The van der Waals surface area contributed by atoms with Crippen LogP contribution in [0.4, 0.5) is 0 Å². The average molecular weight is 605 g/mol. The molecular weight excluding hydrogens is 576 g/mol. The summed E-state index contributed by atoms with van der Waals surface area (Å²) in [5.74, 6) is -1.83. The maximum absolute atomic E-state index is 15.3. The van der Waals surface area contributed by atoms with Gasteiger partial charge in [-0.2, -0.15) is 0 Å². The van der Waals surface area contributed by atoms with Crippen LogP contribution in [-0.2, 0) is 0 Å². The number of aliphatic hydroxyl groups is 1. The van der Waals surface area contributed by atoms with E-state index < -0.39 is 34.4 Å². The predicted molar refractivity (Wildman–Crippen MR) is 172 cm³/mol. The predicted octanol–water partition coefficient (Wildman–Crippen LogP) is 6.83. The van der Waals surface area contributed by atoms with E-state index in [4.69, 9.17) is 19.4 Å². The lowest BCUT2D eigenvalue weighted by Crippen LogP contribution is -2.75. The smallest absolute Gasteiger partial charge is 0.214 e. The molecule has 4 heterocycles. The molecule has 1 saturated carbocycles. The van der Waals surface area contributed by atoms with Gasteiger partial charge in [-0.25, -0.2) is 0 Å². The molecule has 7 heteroatoms. The zero-order valence-electron chi connectivity index (χ0n) is 24.9. The van der Waals surface area contributed by atoms with Crippen LogP contribution in [0.15, 0.2) is 122 Å². The third kappa shape index (κ3) is 3.30. The Morgan fingerprint density at radius 2 is 1.20 bits per heavy atom. The largest absolute Gasteiger partial charge is 0.476 e. The number of carbonyl (C=O) groups excluding carboxylic acids is 2. The van der Waals surface area contributed by atoms with Crippen LogP contribution in [0.25, 0.3) is 21.5 Å². The van der Waals surface area contributed by atoms with Crippen LogP contribution < -0.4 is 9.47 Å². The number of carbonyl (C=O) groups is 2. The van der Waals surface area contributed by atoms with Gasteiger partial charge in [0.1, 0.15) is 17.1 Å². The van der Waals surface area contributed by atoms with Gasteiger partial charge in [-0.1, -0.05) is 72.8 Å². The van der Waals surface area contributed by atoms with Gasteiger partial charge in [0, 0.05) is 28.9 Å². The molecule has 4 aromatic carbocycles. The number of ketones is 2. The minimum Gasteiger partial charge on any atom is -0.476 e. The van der Waals surface area contributed by atoms with Crippen molar-refractivity contribution in [1.82, 2.24) is 9.97 Å². The second-order valence-electron chi connectivity index (χ2n) is 12.7. The van der Waals surface area contributed by atoms with Crippen molar-refractivity contribution in [3.8, 4) is 11.5 Å². The summed E-state index contributed by atoms with van der Waals surface area (Å²) in [6.45, 7) is 1.62. The lowest BCUT2D eigenvalue weighted by atomic mass is 9.51. The van der Waals surface area contributed by atoms with E-state index in [1.807, 2.05) is 78.9 Å². The number of ether oxygens (including phenoxy) is 2. The van der Waals surface area contributed by atoms with Crippen LogP contribution >= 0.6 is 0 Å². The van der Waals surface area contributed by atoms with Gasteiger partial charge in [0.25, 0.3) is 0 Å². The summed E-state index contributed by atoms with van der Waals surface area (Å²) < 4.78 is 14.1. The quantitative estimate of drug-likeness (QED) is 0.231. The number of rotatable bonds is 2. The van der Waals surface area contributed by atoms with Crippen LogP contribution in [0.2, 0.25) is 0 Å². The summed E-state index contributed by atoms with van der Waals surface area (Å²) in [4.78, 5) is 39.9. The van der Waals surface area contributed by atoms with E-state index in [0.717, 1.165) is 21.5 Å². The van der Waals surface area contributed by atoms with Crippen molar-refractivity contribution in [2.24, 2.45) is 0 Å². The van der Waals surface area contributed by atoms with E-state index in [0.29, 0.717) is 34.0 Å². The fourth-order valence-corrected chi connectivity index (χ4v) is 8.26. The van der Waals surface area contributed by atoms with Gasteiger partial charge >= 0.3 is 0 Å². The molecule has 7 nitrogen and oxygen atoms in total. The molecule has 0 radical (unpaired) electrons. The Hall–Kier alpha value is -5.40. The highest BCUT2D eigenvalue weighted by Gasteiger charge is 2.79. The van der Waals surface area contributed by atoms with E-state index in [1.165, 1.54) is 0 Å². The SMILES string of the molecule is C[C@]1(O)C[C@H](c2ccccn2)[C@]2(Oc3c(ccc4ccccc34)C2=O)[C@H](c2ccccn2)[C@]12Oc1c(ccc3ccccc13)C2=O. The van der Waals surface area contributed by atoms with Crippen LogP contribution in [0.1, 0.15) is 57.3 Å². The molecule has 2 aliphatic heterocycles. The van der Waals surface area contributed by atoms with E-state index in [-0.39, 0.29) is 12.2 Å². The number of hydrogen-bond acceptors (Lipinski definition) is 7. The summed E-state index contributed by atoms with van der Waals surface area (Å²) in [5.41, 5.74) is -3.78. The normalized spacial score (nSPS) is 28.0. The van der Waals surface area contributed by atoms with E-state index in [1.54, 1.807) is 49.6 Å². The van der Waals surface area contributed by atoms with Crippen molar-refractivity contribution in [2.45, 2.75) is 42.0 Å². The number of nitrogens with zero attached hydrogens (tertiary/aromatic N) is 2. The molecule has 3 aliphatic rings. The summed E-state index contributed by atoms with van der Waals surface area (Å²) in [6, 6.07) is 33.6. The standard InChI is InChI=1S/C39H28N2O5/c1-37(44)22-29(30-14-6-8-20-40-30)38(35(42)27-18-16-23-10-2-4-12-25(23)32(27)45-38)34(31-15-7-9-21-41-31)39(37)36(43)28-19-17-24-11-3-5-13-26(24)33(28)46-39/h2-21,29,34,44H,22H2,1H3/t29-,34+,37+,38+,39-/m1/s1. The Morgan fingerprint density at radius 3 is 1.80 bits per heavy atom. The zero-order valence-corrected chi connectivity index (χ0v) is 24.9. The van der Waals surface area contributed by atoms with Gasteiger partial charge in [-0.3, -0.25) is 19.6 Å². The molecule has 0 saturated heterocycles. The first-order chi connectivity index (χ1) is 22.4. The minimum absolute atomic E-state index is 0.0390. The van der Waals surface area contributed by atoms with Gasteiger partial charge < -0.3 is 14.6 Å². The lowest BCUT2D eigenvalue weighted by Gasteiger charge is -2.57. The summed E-state index contributed by atoms with van der Waals surface area (Å²) in [5, 5.41) is 16.1. The van der Waals surface area contributed by atoms with Crippen LogP contribution in [0.3, 0.4) is 0 Å². The maximum Gasteiger partial charge on any atom is 0.214 e. The van der Waals surface area contributed by atoms with Crippen molar-refractivity contribution in [2.75, 3.05) is 0 Å². The summed E-state index contributed by atoms with van der Waals surface area (Å²) in [6.07, 6.45) is 3.25. The van der Waals surface area contributed by atoms with Gasteiger partial charge in [0.2, 0.25) is 17.2 Å². The molecule has 9 rings (SSSR count). The fraction of sp³-hybridized carbons (Fsp3) is 0.179. The third-order valence-corrected chi connectivity index (χ3v) is 10.3. The number of Topliss-reactive ketones (excluding diaryl/α,β-unsaturated/α-hetero) is 2. The first-order valence-electron chi connectivity index (χ1n) is 15.4. The molecule has 2 aromatic heterocycles. The molecule has 0 unspecified atom stereocenters. The van der Waals surface area contributed by atoms with E-state index in [2.05, 4.69) is 0 Å². The Kier molecular flexibility index (Phi) is 5.46. The first kappa shape index (κ1) is 27.0. The molecule has 0 amide bonds. The fourth-order valence-electron chi connectivity index (χ4n) is 8.26. The van der Waals surface area contributed by atoms with Crippen LogP contribution in [0.5, 0.6) is 11.5 Å². The Balaban J connectivity index is 1.38. The first-order valence-corrected chi connectivity index (χ1v) is 15.4. The molecule has 6 aromatic rings. The molecular formula is C39H28N2O5. The van der Waals surface area contributed by atoms with Crippen molar-refractivity contribution < 1.29 is 24.2 Å². The van der Waals surface area contributed by atoms with Crippen LogP contribution in [0, 0.1) is 0 Å². The molecule has 224 valence electrons. The Morgan fingerprint density at radius 1 is 0.652 bits per heavy atom. The third-order valence-electron chi connectivity index (χ3n) is 10.3. The van der Waals surface area contributed by atoms with E-state index in [9.17, 15) is 5.11 Å². The van der Waals surface area contributed by atoms with Gasteiger partial charge in [0.15, 0.2) is 5.60 Å². The Labute approximate surface area is 264 Å². The lowest BCUT2D eigenvalue weighted by molar-refractivity contribution is -0.172. The zero-order chi connectivity index (χ0) is 31.3. The molecule has 46 heavy (non-hydrogen) atoms. The number of fused-ring (bicyclic) bond motifs is 6. The van der Waals surface area contributed by atoms with Crippen molar-refractivity contribution in [3.05, 3.63) is 144 Å². The number of hydrogen-bond donors (Lipinski definition) is 1. The molecule has 1 N–H and O–H groups in total. The molecule has 2 spiro atoms. The van der Waals surface area contributed by atoms with Crippen molar-refractivity contribution in [1.29, 1.82) is 0 Å². The summed E-state index contributed by atoms with van der Waals surface area (Å²) >= 11 is 0. The van der Waals surface area contributed by atoms with Gasteiger partial charge in [-0.15, -0.1) is 0 Å². The minimum atomic E-state index is -1.97. The highest BCUT2D eigenvalue weighted by molar-refractivity contribution is 6.17. The van der Waals surface area contributed by atoms with Crippen molar-refractivity contribution in [3.63, 3.8) is 0 Å². The van der Waals surface area contributed by atoms with Gasteiger partial charge in [0.05, 0.1) is 28.7 Å². The molecule has 5 atom stereocenters. The molecule has 1 fully saturated rings. The second kappa shape index (κ2) is 9.31. The molecule has 1 aliphatic carbocycles. The van der Waals surface area contributed by atoms with Gasteiger partial charge in [-0.05, 0) is 60.5 Å².